The van der Waals surface area contributed by atoms with Gasteiger partial charge in [0.25, 0.3) is 0 Å². The van der Waals surface area contributed by atoms with Gasteiger partial charge in [0.15, 0.2) is 0 Å². The molecule has 1 aliphatic rings. The summed E-state index contributed by atoms with van der Waals surface area (Å²) < 4.78 is 5.09. The van der Waals surface area contributed by atoms with Gasteiger partial charge < -0.3 is 9.84 Å². The molecule has 1 aliphatic carbocycles. The third-order valence-corrected chi connectivity index (χ3v) is 2.35. The zero-order chi connectivity index (χ0) is 15.2. The van der Waals surface area contributed by atoms with Crippen molar-refractivity contribution >= 4 is 17.7 Å². The van der Waals surface area contributed by atoms with Crippen LogP contribution in [0.4, 0.5) is 10.5 Å². The zero-order valence-corrected chi connectivity index (χ0v) is 12.1. The second-order valence-corrected chi connectivity index (χ2v) is 5.61. The van der Waals surface area contributed by atoms with Crippen LogP contribution in [0.5, 0.6) is 0 Å². The Morgan fingerprint density at radius 3 is 2.10 bits per heavy atom. The Hall–Kier alpha value is -2.04. The predicted octanol–water partition coefficient (Wildman–Crippen LogP) is 3.51. The summed E-state index contributed by atoms with van der Waals surface area (Å²) in [7, 11) is 0. The van der Waals surface area contributed by atoms with Gasteiger partial charge in [0, 0.05) is 5.69 Å². The van der Waals surface area contributed by atoms with Crippen molar-refractivity contribution in [3.05, 3.63) is 30.3 Å². The molecular weight excluding hydrogens is 258 g/mol. The van der Waals surface area contributed by atoms with E-state index >= 15 is 0 Å². The van der Waals surface area contributed by atoms with Gasteiger partial charge in [-0.15, -0.1) is 0 Å². The van der Waals surface area contributed by atoms with Gasteiger partial charge in [0.1, 0.15) is 5.60 Å². The van der Waals surface area contributed by atoms with Crippen molar-refractivity contribution in [1.29, 1.82) is 0 Å². The lowest BCUT2D eigenvalue weighted by Crippen LogP contribution is -2.27. The average Bonchev–Trinajstić information content (AvgIpc) is 3.11. The van der Waals surface area contributed by atoms with Crippen molar-refractivity contribution in [2.45, 2.75) is 39.2 Å². The molecule has 110 valence electrons. The fraction of sp³-hybridized carbons (Fsp3) is 0.467. The number of hydrogen-bond donors (Lipinski definition) is 2. The van der Waals surface area contributed by atoms with E-state index in [0.29, 0.717) is 0 Å². The van der Waals surface area contributed by atoms with Gasteiger partial charge in [-0.25, -0.2) is 4.79 Å². The largest absolute Gasteiger partial charge is 0.481 e. The molecule has 0 heterocycles. The number of para-hydroxylation sites is 1. The lowest BCUT2D eigenvalue weighted by atomic mass is 10.2. The van der Waals surface area contributed by atoms with Crippen molar-refractivity contribution < 1.29 is 19.4 Å². The number of carbonyl (C=O) groups is 2. The van der Waals surface area contributed by atoms with Crippen LogP contribution in [-0.2, 0) is 9.53 Å². The normalized spacial score (nSPS) is 13.8. The van der Waals surface area contributed by atoms with Gasteiger partial charge in [0.2, 0.25) is 0 Å². The molecule has 0 atom stereocenters. The van der Waals surface area contributed by atoms with E-state index in [2.05, 4.69) is 5.32 Å². The summed E-state index contributed by atoms with van der Waals surface area (Å²) in [6.45, 7) is 5.49. The predicted molar refractivity (Wildman–Crippen MR) is 76.7 cm³/mol. The SMILES string of the molecule is CC(C)(C)OC(=O)Nc1ccccc1.O=C(O)C1CC1. The van der Waals surface area contributed by atoms with Gasteiger partial charge in [-0.2, -0.15) is 0 Å². The molecule has 0 unspecified atom stereocenters. The first-order valence-corrected chi connectivity index (χ1v) is 6.56. The summed E-state index contributed by atoms with van der Waals surface area (Å²) in [5.41, 5.74) is 0.278. The maximum atomic E-state index is 11.3. The van der Waals surface area contributed by atoms with E-state index in [9.17, 15) is 9.59 Å². The third kappa shape index (κ3) is 7.41. The topological polar surface area (TPSA) is 75.6 Å². The molecule has 1 saturated carbocycles. The van der Waals surface area contributed by atoms with Crippen molar-refractivity contribution in [1.82, 2.24) is 0 Å². The number of nitrogens with one attached hydrogen (secondary N) is 1. The minimum atomic E-state index is -0.630. The van der Waals surface area contributed by atoms with Gasteiger partial charge in [-0.1, -0.05) is 18.2 Å². The van der Waals surface area contributed by atoms with Gasteiger partial charge in [0.05, 0.1) is 5.92 Å². The molecule has 2 rings (SSSR count). The van der Waals surface area contributed by atoms with Crippen LogP contribution in [0.1, 0.15) is 33.6 Å². The second-order valence-electron chi connectivity index (χ2n) is 5.61. The molecule has 0 radical (unpaired) electrons. The number of carbonyl (C=O) groups excluding carboxylic acids is 1. The van der Waals surface area contributed by atoms with Crippen LogP contribution >= 0.6 is 0 Å². The molecule has 0 spiro atoms. The fourth-order valence-corrected chi connectivity index (χ4v) is 1.27. The smallest absolute Gasteiger partial charge is 0.412 e. The van der Waals surface area contributed by atoms with E-state index in [1.165, 1.54) is 0 Å². The lowest BCUT2D eigenvalue weighted by molar-refractivity contribution is -0.138. The quantitative estimate of drug-likeness (QED) is 0.868. The highest BCUT2D eigenvalue weighted by Gasteiger charge is 2.28. The highest BCUT2D eigenvalue weighted by Crippen LogP contribution is 2.28. The van der Waals surface area contributed by atoms with Crippen LogP contribution in [-0.4, -0.2) is 22.8 Å². The van der Waals surface area contributed by atoms with Crippen LogP contribution < -0.4 is 5.32 Å². The highest BCUT2D eigenvalue weighted by atomic mass is 16.6. The van der Waals surface area contributed by atoms with Crippen molar-refractivity contribution in [2.75, 3.05) is 5.32 Å². The highest BCUT2D eigenvalue weighted by molar-refractivity contribution is 5.84. The molecule has 20 heavy (non-hydrogen) atoms. The number of carboxylic acids is 1. The van der Waals surface area contributed by atoms with E-state index in [-0.39, 0.29) is 5.92 Å². The Morgan fingerprint density at radius 2 is 1.75 bits per heavy atom. The Morgan fingerprint density at radius 1 is 1.20 bits per heavy atom. The molecule has 0 aromatic heterocycles. The second kappa shape index (κ2) is 6.93. The first kappa shape index (κ1) is 16.0. The van der Waals surface area contributed by atoms with E-state index in [1.54, 1.807) is 0 Å². The number of amides is 1. The number of rotatable bonds is 2. The van der Waals surface area contributed by atoms with Crippen molar-refractivity contribution in [3.8, 4) is 0 Å². The molecule has 0 bridgehead atoms. The van der Waals surface area contributed by atoms with E-state index in [1.807, 2.05) is 51.1 Å². The summed E-state index contributed by atoms with van der Waals surface area (Å²) in [6, 6.07) is 9.22. The average molecular weight is 279 g/mol. The number of aliphatic carboxylic acids is 1. The first-order valence-electron chi connectivity index (χ1n) is 6.56. The van der Waals surface area contributed by atoms with E-state index in [0.717, 1.165) is 18.5 Å². The van der Waals surface area contributed by atoms with Crippen LogP contribution in [0.25, 0.3) is 0 Å². The number of benzene rings is 1. The molecule has 1 fully saturated rings. The fourth-order valence-electron chi connectivity index (χ4n) is 1.27. The first-order chi connectivity index (χ1) is 9.28. The molecule has 2 N–H and O–H groups in total. The Kier molecular flexibility index (Phi) is 5.55. The minimum Gasteiger partial charge on any atom is -0.481 e. The molecule has 5 nitrogen and oxygen atoms in total. The molecule has 1 aromatic carbocycles. The van der Waals surface area contributed by atoms with Gasteiger partial charge in [-0.05, 0) is 45.7 Å². The summed E-state index contributed by atoms with van der Waals surface area (Å²) in [6.07, 6.45) is 1.37. The number of ether oxygens (including phenoxy) is 1. The third-order valence-electron chi connectivity index (χ3n) is 2.35. The van der Waals surface area contributed by atoms with Crippen molar-refractivity contribution in [3.63, 3.8) is 0 Å². The Balaban J connectivity index is 0.000000276. The van der Waals surface area contributed by atoms with Gasteiger partial charge in [-0.3, -0.25) is 10.1 Å². The molecule has 5 heteroatoms. The number of hydrogen-bond acceptors (Lipinski definition) is 3. The van der Waals surface area contributed by atoms with Crippen LogP contribution in [0, 0.1) is 5.92 Å². The number of anilines is 1. The molecule has 0 saturated heterocycles. The lowest BCUT2D eigenvalue weighted by Gasteiger charge is -2.19. The Labute approximate surface area is 118 Å². The van der Waals surface area contributed by atoms with Crippen LogP contribution in [0.3, 0.4) is 0 Å². The Bertz CT molecular complexity index is 447. The van der Waals surface area contributed by atoms with E-state index < -0.39 is 17.7 Å². The summed E-state index contributed by atoms with van der Waals surface area (Å²) in [5.74, 6) is -0.611. The summed E-state index contributed by atoms with van der Waals surface area (Å²) in [5, 5.41) is 10.7. The van der Waals surface area contributed by atoms with Crippen molar-refractivity contribution in [2.24, 2.45) is 5.92 Å². The molecule has 0 aliphatic heterocycles. The van der Waals surface area contributed by atoms with Crippen LogP contribution in [0.2, 0.25) is 0 Å². The minimum absolute atomic E-state index is 0.0185. The van der Waals surface area contributed by atoms with Gasteiger partial charge >= 0.3 is 12.1 Å². The maximum absolute atomic E-state index is 11.3. The number of carboxylic acid groups (broad SMARTS) is 1. The summed E-state index contributed by atoms with van der Waals surface area (Å²) in [4.78, 5) is 21.1. The molecule has 1 aromatic rings. The summed E-state index contributed by atoms with van der Waals surface area (Å²) >= 11 is 0. The molecule has 1 amide bonds. The monoisotopic (exact) mass is 279 g/mol. The van der Waals surface area contributed by atoms with Crippen LogP contribution in [0.15, 0.2) is 30.3 Å². The maximum Gasteiger partial charge on any atom is 0.412 e. The molecular formula is C15H21NO4. The zero-order valence-electron chi connectivity index (χ0n) is 12.1. The van der Waals surface area contributed by atoms with E-state index in [4.69, 9.17) is 9.84 Å². The standard InChI is InChI=1S/C11H15NO2.C4H6O2/c1-11(2,3)14-10(13)12-9-7-5-4-6-8-9;5-4(6)3-1-2-3/h4-8H,1-3H3,(H,12,13);3H,1-2H2,(H,5,6).